The minimum atomic E-state index is -1.09. The summed E-state index contributed by atoms with van der Waals surface area (Å²) in [6.45, 7) is 3.23. The average molecular weight is 426 g/mol. The molecule has 1 aliphatic heterocycles. The largest absolute Gasteiger partial charge is 0.497 e. The first-order valence-corrected chi connectivity index (χ1v) is 10.2. The van der Waals surface area contributed by atoms with Crippen molar-refractivity contribution in [3.63, 3.8) is 0 Å². The van der Waals surface area contributed by atoms with Crippen LogP contribution >= 0.6 is 0 Å². The van der Waals surface area contributed by atoms with E-state index in [0.29, 0.717) is 42.4 Å². The Morgan fingerprint density at radius 3 is 2.48 bits per heavy atom. The van der Waals surface area contributed by atoms with Crippen LogP contribution in [0.25, 0.3) is 0 Å². The normalized spacial score (nSPS) is 15.8. The lowest BCUT2D eigenvalue weighted by Crippen LogP contribution is -2.39. The minimum absolute atomic E-state index is 0.0627. The highest BCUT2D eigenvalue weighted by Gasteiger charge is 2.28. The van der Waals surface area contributed by atoms with Crippen LogP contribution in [0.2, 0.25) is 0 Å². The minimum Gasteiger partial charge on any atom is -0.497 e. The summed E-state index contributed by atoms with van der Waals surface area (Å²) < 4.78 is 10.3. The summed E-state index contributed by atoms with van der Waals surface area (Å²) >= 11 is 0. The van der Waals surface area contributed by atoms with E-state index in [1.54, 1.807) is 44.4 Å². The predicted octanol–water partition coefficient (Wildman–Crippen LogP) is 3.43. The average Bonchev–Trinajstić information content (AvgIpc) is 2.79. The van der Waals surface area contributed by atoms with Crippen molar-refractivity contribution < 1.29 is 29.0 Å². The third-order valence-electron chi connectivity index (χ3n) is 5.23. The number of nitrogens with zero attached hydrogens (tertiary/aromatic N) is 1. The summed E-state index contributed by atoms with van der Waals surface area (Å²) in [5.41, 5.74) is 1.52. The van der Waals surface area contributed by atoms with Crippen molar-refractivity contribution in [3.8, 4) is 5.75 Å². The fourth-order valence-corrected chi connectivity index (χ4v) is 3.63. The standard InChI is InChI=1S/C23H26N2O6/c1-3-31-23(29)17-5-4-12-25(14-17)20-11-8-16(22(27)28)13-19(20)24-21(26)15-6-9-18(30-2)10-7-15/h6-11,13,17H,3-5,12,14H2,1-2H3,(H,24,26)(H,27,28)/t17-/m1/s1. The molecule has 1 atom stereocenters. The van der Waals surface area contributed by atoms with Crippen molar-refractivity contribution in [2.75, 3.05) is 37.0 Å². The van der Waals surface area contributed by atoms with E-state index in [1.165, 1.54) is 12.1 Å². The van der Waals surface area contributed by atoms with E-state index in [-0.39, 0.29) is 23.4 Å². The number of hydrogen-bond donors (Lipinski definition) is 2. The highest BCUT2D eigenvalue weighted by atomic mass is 16.5. The van der Waals surface area contributed by atoms with Crippen molar-refractivity contribution in [3.05, 3.63) is 53.6 Å². The molecule has 1 heterocycles. The van der Waals surface area contributed by atoms with Crippen molar-refractivity contribution in [2.45, 2.75) is 19.8 Å². The molecule has 1 saturated heterocycles. The Morgan fingerprint density at radius 1 is 1.13 bits per heavy atom. The molecular formula is C23H26N2O6. The summed E-state index contributed by atoms with van der Waals surface area (Å²) in [4.78, 5) is 38.5. The van der Waals surface area contributed by atoms with Gasteiger partial charge < -0.3 is 24.8 Å². The molecule has 8 heteroatoms. The molecule has 0 spiro atoms. The number of ether oxygens (including phenoxy) is 2. The lowest BCUT2D eigenvalue weighted by Gasteiger charge is -2.34. The third kappa shape index (κ3) is 5.33. The molecule has 0 aliphatic carbocycles. The first-order valence-electron chi connectivity index (χ1n) is 10.2. The number of carbonyl (C=O) groups excluding carboxylic acids is 2. The van der Waals surface area contributed by atoms with Gasteiger partial charge in [0.05, 0.1) is 36.6 Å². The lowest BCUT2D eigenvalue weighted by atomic mass is 9.97. The summed E-state index contributed by atoms with van der Waals surface area (Å²) in [6.07, 6.45) is 1.52. The quantitative estimate of drug-likeness (QED) is 0.654. The second kappa shape index (κ2) is 9.97. The van der Waals surface area contributed by atoms with Gasteiger partial charge in [0.1, 0.15) is 5.75 Å². The molecule has 0 bridgehead atoms. The van der Waals surface area contributed by atoms with Crippen LogP contribution in [0.4, 0.5) is 11.4 Å². The van der Waals surface area contributed by atoms with Gasteiger partial charge in [-0.2, -0.15) is 0 Å². The number of carboxylic acids is 1. The van der Waals surface area contributed by atoms with Crippen molar-refractivity contribution >= 4 is 29.2 Å². The second-order valence-electron chi connectivity index (χ2n) is 7.26. The number of rotatable bonds is 7. The lowest BCUT2D eigenvalue weighted by molar-refractivity contribution is -0.148. The smallest absolute Gasteiger partial charge is 0.335 e. The Morgan fingerprint density at radius 2 is 1.84 bits per heavy atom. The molecule has 8 nitrogen and oxygen atoms in total. The van der Waals surface area contributed by atoms with Gasteiger partial charge in [-0.15, -0.1) is 0 Å². The first-order chi connectivity index (χ1) is 14.9. The maximum atomic E-state index is 12.8. The van der Waals surface area contributed by atoms with Crippen LogP contribution in [-0.4, -0.2) is 49.8 Å². The second-order valence-corrected chi connectivity index (χ2v) is 7.26. The van der Waals surface area contributed by atoms with Gasteiger partial charge >= 0.3 is 11.9 Å². The van der Waals surface area contributed by atoms with Crippen LogP contribution in [0.5, 0.6) is 5.75 Å². The highest BCUT2D eigenvalue weighted by molar-refractivity contribution is 6.06. The number of carboxylic acid groups (broad SMARTS) is 1. The maximum absolute atomic E-state index is 12.8. The Hall–Kier alpha value is -3.55. The fraction of sp³-hybridized carbons (Fsp3) is 0.348. The molecular weight excluding hydrogens is 400 g/mol. The van der Waals surface area contributed by atoms with E-state index < -0.39 is 5.97 Å². The van der Waals surface area contributed by atoms with E-state index in [9.17, 15) is 19.5 Å². The van der Waals surface area contributed by atoms with Gasteiger partial charge in [0.2, 0.25) is 0 Å². The molecule has 1 amide bonds. The molecule has 0 unspecified atom stereocenters. The van der Waals surface area contributed by atoms with Crippen LogP contribution < -0.4 is 15.0 Å². The summed E-state index contributed by atoms with van der Waals surface area (Å²) in [6, 6.07) is 11.2. The monoisotopic (exact) mass is 426 g/mol. The zero-order valence-corrected chi connectivity index (χ0v) is 17.6. The zero-order valence-electron chi connectivity index (χ0n) is 17.6. The molecule has 2 aromatic carbocycles. The fourth-order valence-electron chi connectivity index (χ4n) is 3.63. The van der Waals surface area contributed by atoms with Gasteiger partial charge in [0.25, 0.3) is 5.91 Å². The maximum Gasteiger partial charge on any atom is 0.335 e. The number of esters is 1. The molecule has 164 valence electrons. The van der Waals surface area contributed by atoms with Gasteiger partial charge in [-0.3, -0.25) is 9.59 Å². The number of carbonyl (C=O) groups is 3. The molecule has 1 aliphatic rings. The number of aromatic carboxylic acids is 1. The first kappa shape index (κ1) is 22.1. The van der Waals surface area contributed by atoms with E-state index in [4.69, 9.17) is 9.47 Å². The van der Waals surface area contributed by atoms with Crippen LogP contribution in [0.15, 0.2) is 42.5 Å². The summed E-state index contributed by atoms with van der Waals surface area (Å²) in [5, 5.41) is 12.2. The van der Waals surface area contributed by atoms with Gasteiger partial charge in [-0.1, -0.05) is 0 Å². The number of benzene rings is 2. The van der Waals surface area contributed by atoms with Crippen LogP contribution in [0.1, 0.15) is 40.5 Å². The molecule has 0 aromatic heterocycles. The predicted molar refractivity (Wildman–Crippen MR) is 116 cm³/mol. The van der Waals surface area contributed by atoms with E-state index in [1.807, 2.05) is 4.90 Å². The molecule has 3 rings (SSSR count). The van der Waals surface area contributed by atoms with Crippen molar-refractivity contribution in [1.29, 1.82) is 0 Å². The van der Waals surface area contributed by atoms with Gasteiger partial charge in [-0.05, 0) is 62.2 Å². The third-order valence-corrected chi connectivity index (χ3v) is 5.23. The SMILES string of the molecule is CCOC(=O)[C@@H]1CCCN(c2ccc(C(=O)O)cc2NC(=O)c2ccc(OC)cc2)C1. The molecule has 0 saturated carbocycles. The van der Waals surface area contributed by atoms with Crippen molar-refractivity contribution in [2.24, 2.45) is 5.92 Å². The summed E-state index contributed by atoms with van der Waals surface area (Å²) in [7, 11) is 1.54. The Labute approximate surface area is 180 Å². The van der Waals surface area contributed by atoms with Gasteiger partial charge in [0, 0.05) is 18.7 Å². The number of nitrogens with one attached hydrogen (secondary N) is 1. The Kier molecular flexibility index (Phi) is 7.12. The number of anilines is 2. The van der Waals surface area contributed by atoms with E-state index in [0.717, 1.165) is 12.8 Å². The molecule has 2 aromatic rings. The molecule has 1 fully saturated rings. The number of amides is 1. The molecule has 0 radical (unpaired) electrons. The van der Waals surface area contributed by atoms with Gasteiger partial charge in [0.15, 0.2) is 0 Å². The Bertz CT molecular complexity index is 957. The number of piperidine rings is 1. The highest BCUT2D eigenvalue weighted by Crippen LogP contribution is 2.32. The topological polar surface area (TPSA) is 105 Å². The van der Waals surface area contributed by atoms with Crippen LogP contribution in [-0.2, 0) is 9.53 Å². The van der Waals surface area contributed by atoms with Crippen LogP contribution in [0.3, 0.4) is 0 Å². The van der Waals surface area contributed by atoms with Gasteiger partial charge in [-0.25, -0.2) is 4.79 Å². The zero-order chi connectivity index (χ0) is 22.4. The van der Waals surface area contributed by atoms with E-state index >= 15 is 0 Å². The number of methoxy groups -OCH3 is 1. The summed E-state index contributed by atoms with van der Waals surface area (Å²) in [5.74, 6) is -1.33. The molecule has 31 heavy (non-hydrogen) atoms. The van der Waals surface area contributed by atoms with E-state index in [2.05, 4.69) is 5.32 Å². The molecule has 2 N–H and O–H groups in total. The number of hydrogen-bond acceptors (Lipinski definition) is 6. The van der Waals surface area contributed by atoms with Crippen LogP contribution in [0, 0.1) is 5.92 Å². The Balaban J connectivity index is 1.87. The van der Waals surface area contributed by atoms with Crippen molar-refractivity contribution in [1.82, 2.24) is 0 Å².